The Morgan fingerprint density at radius 3 is 2.25 bits per heavy atom. The Kier molecular flexibility index (Phi) is 6.34. The summed E-state index contributed by atoms with van der Waals surface area (Å²) in [5, 5.41) is 0. The molecular formula is C25H37NO6. The summed E-state index contributed by atoms with van der Waals surface area (Å²) in [6, 6.07) is 3.34. The van der Waals surface area contributed by atoms with Crippen LogP contribution in [0.3, 0.4) is 0 Å². The highest BCUT2D eigenvalue weighted by molar-refractivity contribution is 5.91. The van der Waals surface area contributed by atoms with Gasteiger partial charge in [0.25, 0.3) is 0 Å². The molecule has 178 valence electrons. The lowest BCUT2D eigenvalue weighted by Gasteiger charge is -2.40. The number of methoxy groups -OCH3 is 3. The van der Waals surface area contributed by atoms with Gasteiger partial charge >= 0.3 is 5.97 Å². The number of morpholine rings is 1. The van der Waals surface area contributed by atoms with Crippen molar-refractivity contribution in [2.45, 2.75) is 39.7 Å². The van der Waals surface area contributed by atoms with Gasteiger partial charge in [0.15, 0.2) is 11.5 Å². The van der Waals surface area contributed by atoms with Crippen molar-refractivity contribution in [1.82, 2.24) is 4.90 Å². The minimum Gasteiger partial charge on any atom is -0.493 e. The molecule has 0 radical (unpaired) electrons. The summed E-state index contributed by atoms with van der Waals surface area (Å²) in [4.78, 5) is 15.9. The van der Waals surface area contributed by atoms with E-state index in [2.05, 4.69) is 25.7 Å². The summed E-state index contributed by atoms with van der Waals surface area (Å²) in [5.41, 5.74) is 0.476. The van der Waals surface area contributed by atoms with Crippen molar-refractivity contribution in [3.8, 4) is 17.2 Å². The molecule has 4 atom stereocenters. The maximum absolute atomic E-state index is 13.4. The van der Waals surface area contributed by atoms with Gasteiger partial charge in [0, 0.05) is 31.0 Å². The summed E-state index contributed by atoms with van der Waals surface area (Å²) < 4.78 is 28.1. The van der Waals surface area contributed by atoms with Gasteiger partial charge in [-0.1, -0.05) is 20.8 Å². The van der Waals surface area contributed by atoms with Crippen molar-refractivity contribution in [3.05, 3.63) is 17.7 Å². The third-order valence-corrected chi connectivity index (χ3v) is 8.61. The number of hydrogen-bond donors (Lipinski definition) is 0. The minimum atomic E-state index is -0.342. The molecular weight excluding hydrogens is 410 g/mol. The van der Waals surface area contributed by atoms with Gasteiger partial charge in [-0.25, -0.2) is 4.79 Å². The fourth-order valence-corrected chi connectivity index (χ4v) is 6.41. The SMILES string of the molecule is COc1cc(C(=O)OC2C(CN3CCOCC3)C3CCC2(C)C3(C)C)cc(OC)c1OC. The van der Waals surface area contributed by atoms with Gasteiger partial charge in [0.1, 0.15) is 6.10 Å². The molecule has 32 heavy (non-hydrogen) atoms. The highest BCUT2D eigenvalue weighted by Crippen LogP contribution is 2.68. The van der Waals surface area contributed by atoms with Crippen LogP contribution in [0.1, 0.15) is 44.0 Å². The average molecular weight is 448 g/mol. The van der Waals surface area contributed by atoms with Crippen molar-refractivity contribution < 1.29 is 28.5 Å². The van der Waals surface area contributed by atoms with E-state index in [1.165, 1.54) is 6.42 Å². The van der Waals surface area contributed by atoms with Crippen LogP contribution in [0.25, 0.3) is 0 Å². The number of benzene rings is 1. The second-order valence-electron chi connectivity index (χ2n) is 10.1. The van der Waals surface area contributed by atoms with Crippen molar-refractivity contribution in [2.75, 3.05) is 54.2 Å². The summed E-state index contributed by atoms with van der Waals surface area (Å²) in [6.45, 7) is 11.4. The zero-order valence-electron chi connectivity index (χ0n) is 20.2. The highest BCUT2D eigenvalue weighted by Gasteiger charge is 2.67. The standard InChI is InChI=1S/C25H37NO6/c1-24(2)18-7-8-25(24,3)22(17(18)15-26-9-11-31-12-10-26)32-23(27)16-13-19(28-4)21(30-6)20(14-16)29-5/h13-14,17-18,22H,7-12,15H2,1-6H3. The first kappa shape index (κ1) is 23.2. The van der Waals surface area contributed by atoms with Crippen LogP contribution in [0.15, 0.2) is 12.1 Å². The molecule has 4 rings (SSSR count). The van der Waals surface area contributed by atoms with Crippen LogP contribution in [-0.2, 0) is 9.47 Å². The third-order valence-electron chi connectivity index (χ3n) is 8.61. The van der Waals surface area contributed by atoms with Gasteiger partial charge in [-0.05, 0) is 36.3 Å². The molecule has 2 saturated carbocycles. The van der Waals surface area contributed by atoms with Crippen molar-refractivity contribution >= 4 is 5.97 Å². The number of rotatable bonds is 7. The second-order valence-corrected chi connectivity index (χ2v) is 10.1. The highest BCUT2D eigenvalue weighted by atomic mass is 16.5. The van der Waals surface area contributed by atoms with Crippen LogP contribution in [0.4, 0.5) is 0 Å². The molecule has 3 aliphatic rings. The lowest BCUT2D eigenvalue weighted by atomic mass is 9.70. The Morgan fingerprint density at radius 2 is 1.69 bits per heavy atom. The molecule has 1 saturated heterocycles. The van der Waals surface area contributed by atoms with Gasteiger partial charge in [-0.3, -0.25) is 4.90 Å². The summed E-state index contributed by atoms with van der Waals surface area (Å²) in [6.07, 6.45) is 2.14. The number of hydrogen-bond acceptors (Lipinski definition) is 7. The van der Waals surface area contributed by atoms with Crippen molar-refractivity contribution in [2.24, 2.45) is 22.7 Å². The predicted octanol–water partition coefficient (Wildman–Crippen LogP) is 3.64. The van der Waals surface area contributed by atoms with Gasteiger partial charge < -0.3 is 23.7 Å². The first-order valence-electron chi connectivity index (χ1n) is 11.6. The third kappa shape index (κ3) is 3.63. The van der Waals surface area contributed by atoms with Crippen LogP contribution >= 0.6 is 0 Å². The molecule has 1 heterocycles. The van der Waals surface area contributed by atoms with Crippen LogP contribution < -0.4 is 14.2 Å². The van der Waals surface area contributed by atoms with E-state index in [1.807, 2.05) is 0 Å². The lowest BCUT2D eigenvalue weighted by molar-refractivity contribution is -0.0520. The normalized spacial score (nSPS) is 31.4. The van der Waals surface area contributed by atoms with Gasteiger partial charge in [-0.2, -0.15) is 0 Å². The van der Waals surface area contributed by atoms with Crippen LogP contribution in [0.2, 0.25) is 0 Å². The van der Waals surface area contributed by atoms with Crippen LogP contribution in [-0.4, -0.2) is 71.2 Å². The molecule has 4 unspecified atom stereocenters. The van der Waals surface area contributed by atoms with E-state index in [0.717, 1.165) is 39.3 Å². The molecule has 2 aliphatic carbocycles. The van der Waals surface area contributed by atoms with Crippen molar-refractivity contribution in [3.63, 3.8) is 0 Å². The van der Waals surface area contributed by atoms with E-state index in [1.54, 1.807) is 33.5 Å². The molecule has 0 N–H and O–H groups in total. The number of nitrogens with zero attached hydrogens (tertiary/aromatic N) is 1. The number of ether oxygens (including phenoxy) is 5. The van der Waals surface area contributed by atoms with E-state index in [0.29, 0.717) is 34.6 Å². The largest absolute Gasteiger partial charge is 0.493 e. The number of carbonyl (C=O) groups is 1. The molecule has 1 aliphatic heterocycles. The molecule has 7 nitrogen and oxygen atoms in total. The van der Waals surface area contributed by atoms with Gasteiger partial charge in [0.2, 0.25) is 5.75 Å². The average Bonchev–Trinajstić information content (AvgIpc) is 3.11. The van der Waals surface area contributed by atoms with Crippen LogP contribution in [0.5, 0.6) is 17.2 Å². The Hall–Kier alpha value is -1.99. The molecule has 0 aromatic heterocycles. The molecule has 7 heteroatoms. The topological polar surface area (TPSA) is 66.5 Å². The summed E-state index contributed by atoms with van der Waals surface area (Å²) >= 11 is 0. The zero-order chi connectivity index (χ0) is 23.1. The Morgan fingerprint density at radius 1 is 1.06 bits per heavy atom. The Balaban J connectivity index is 1.61. The van der Waals surface area contributed by atoms with Crippen LogP contribution in [0, 0.1) is 22.7 Å². The fraction of sp³-hybridized carbons (Fsp3) is 0.720. The number of esters is 1. The van der Waals surface area contributed by atoms with Gasteiger partial charge in [0.05, 0.1) is 40.1 Å². The number of fused-ring (bicyclic) bond motifs is 2. The zero-order valence-corrected chi connectivity index (χ0v) is 20.2. The predicted molar refractivity (Wildman–Crippen MR) is 121 cm³/mol. The first-order chi connectivity index (χ1) is 15.3. The fourth-order valence-electron chi connectivity index (χ4n) is 6.41. The van der Waals surface area contributed by atoms with E-state index in [4.69, 9.17) is 23.7 Å². The summed E-state index contributed by atoms with van der Waals surface area (Å²) in [5.74, 6) is 1.86. The molecule has 0 spiro atoms. The smallest absolute Gasteiger partial charge is 0.338 e. The Bertz CT molecular complexity index is 824. The van der Waals surface area contributed by atoms with Gasteiger partial charge in [-0.15, -0.1) is 0 Å². The first-order valence-corrected chi connectivity index (χ1v) is 11.6. The molecule has 0 amide bonds. The second kappa shape index (κ2) is 8.75. The molecule has 1 aromatic rings. The Labute approximate surface area is 191 Å². The molecule has 3 fully saturated rings. The number of carbonyl (C=O) groups excluding carboxylic acids is 1. The lowest BCUT2D eigenvalue weighted by Crippen LogP contribution is -2.47. The maximum atomic E-state index is 13.4. The maximum Gasteiger partial charge on any atom is 0.338 e. The van der Waals surface area contributed by atoms with E-state index in [9.17, 15) is 4.79 Å². The van der Waals surface area contributed by atoms with Crippen molar-refractivity contribution in [1.29, 1.82) is 0 Å². The minimum absolute atomic E-state index is 0.0507. The quantitative estimate of drug-likeness (QED) is 0.591. The molecule has 1 aromatic carbocycles. The summed E-state index contributed by atoms with van der Waals surface area (Å²) in [7, 11) is 4.64. The van der Waals surface area contributed by atoms with E-state index in [-0.39, 0.29) is 22.9 Å². The van der Waals surface area contributed by atoms with E-state index < -0.39 is 0 Å². The monoisotopic (exact) mass is 447 g/mol. The molecule has 2 bridgehead atoms. The van der Waals surface area contributed by atoms with E-state index >= 15 is 0 Å².